The Bertz CT molecular complexity index is 249. The first-order valence-corrected chi connectivity index (χ1v) is 5.24. The van der Waals surface area contributed by atoms with Crippen molar-refractivity contribution in [1.29, 1.82) is 0 Å². The van der Waals surface area contributed by atoms with E-state index in [0.717, 1.165) is 12.8 Å². The molecule has 5 heteroatoms. The van der Waals surface area contributed by atoms with Crippen molar-refractivity contribution in [3.63, 3.8) is 0 Å². The predicted molar refractivity (Wildman–Crippen MR) is 57.0 cm³/mol. The van der Waals surface area contributed by atoms with E-state index >= 15 is 0 Å². The lowest BCUT2D eigenvalue weighted by molar-refractivity contribution is -0.134. The lowest BCUT2D eigenvalue weighted by Gasteiger charge is -2.16. The molecule has 1 fully saturated rings. The summed E-state index contributed by atoms with van der Waals surface area (Å²) in [5, 5.41) is 2.80. The van der Waals surface area contributed by atoms with Crippen molar-refractivity contribution in [2.24, 2.45) is 11.7 Å². The number of nitrogens with two attached hydrogens (primary N) is 1. The minimum atomic E-state index is -0.226. The van der Waals surface area contributed by atoms with Gasteiger partial charge < -0.3 is 16.0 Å². The lowest BCUT2D eigenvalue weighted by Crippen LogP contribution is -2.43. The van der Waals surface area contributed by atoms with Gasteiger partial charge in [-0.05, 0) is 18.8 Å². The molecule has 0 bridgehead atoms. The number of hydrogen-bond donors (Lipinski definition) is 2. The van der Waals surface area contributed by atoms with Crippen LogP contribution in [-0.4, -0.2) is 43.4 Å². The van der Waals surface area contributed by atoms with E-state index in [9.17, 15) is 9.59 Å². The third-order valence-corrected chi connectivity index (χ3v) is 2.60. The molecule has 1 unspecified atom stereocenters. The molecule has 0 saturated heterocycles. The van der Waals surface area contributed by atoms with Gasteiger partial charge in [-0.3, -0.25) is 9.59 Å². The summed E-state index contributed by atoms with van der Waals surface area (Å²) in [6.45, 7) is 0.451. The SMILES string of the molecule is CN(C)C(=O)CC(=O)NC(CN)C1CC1. The van der Waals surface area contributed by atoms with Crippen molar-refractivity contribution in [3.8, 4) is 0 Å². The van der Waals surface area contributed by atoms with E-state index in [1.807, 2.05) is 0 Å². The molecule has 1 aliphatic rings. The molecule has 0 heterocycles. The number of rotatable bonds is 5. The van der Waals surface area contributed by atoms with Gasteiger partial charge in [0.2, 0.25) is 11.8 Å². The molecule has 0 aromatic rings. The van der Waals surface area contributed by atoms with Gasteiger partial charge in [-0.25, -0.2) is 0 Å². The highest BCUT2D eigenvalue weighted by atomic mass is 16.2. The van der Waals surface area contributed by atoms with Gasteiger partial charge in [0.15, 0.2) is 0 Å². The number of nitrogens with zero attached hydrogens (tertiary/aromatic N) is 1. The summed E-state index contributed by atoms with van der Waals surface area (Å²) in [5.74, 6) is 0.114. The zero-order valence-corrected chi connectivity index (χ0v) is 9.32. The van der Waals surface area contributed by atoms with Crippen LogP contribution in [0.2, 0.25) is 0 Å². The maximum Gasteiger partial charge on any atom is 0.231 e. The molecule has 86 valence electrons. The number of nitrogens with one attached hydrogen (secondary N) is 1. The largest absolute Gasteiger partial charge is 0.351 e. The van der Waals surface area contributed by atoms with Crippen LogP contribution in [0.25, 0.3) is 0 Å². The molecule has 0 aromatic heterocycles. The summed E-state index contributed by atoms with van der Waals surface area (Å²) in [7, 11) is 3.27. The monoisotopic (exact) mass is 213 g/mol. The Morgan fingerprint density at radius 3 is 2.47 bits per heavy atom. The summed E-state index contributed by atoms with van der Waals surface area (Å²) >= 11 is 0. The Kier molecular flexibility index (Phi) is 4.08. The van der Waals surface area contributed by atoms with Crippen molar-refractivity contribution in [2.45, 2.75) is 25.3 Å². The van der Waals surface area contributed by atoms with Crippen molar-refractivity contribution in [1.82, 2.24) is 10.2 Å². The van der Waals surface area contributed by atoms with Gasteiger partial charge in [-0.1, -0.05) is 0 Å². The molecule has 0 aliphatic heterocycles. The summed E-state index contributed by atoms with van der Waals surface area (Å²) in [4.78, 5) is 24.1. The van der Waals surface area contributed by atoms with Gasteiger partial charge >= 0.3 is 0 Å². The Balaban J connectivity index is 2.30. The van der Waals surface area contributed by atoms with Crippen LogP contribution in [0.5, 0.6) is 0 Å². The Hall–Kier alpha value is -1.10. The Morgan fingerprint density at radius 1 is 1.47 bits per heavy atom. The maximum absolute atomic E-state index is 11.4. The normalized spacial score (nSPS) is 17.0. The Morgan fingerprint density at radius 2 is 2.07 bits per heavy atom. The minimum Gasteiger partial charge on any atom is -0.351 e. The molecule has 2 amide bonds. The third kappa shape index (κ3) is 3.87. The average molecular weight is 213 g/mol. The quantitative estimate of drug-likeness (QED) is 0.594. The smallest absolute Gasteiger partial charge is 0.231 e. The van der Waals surface area contributed by atoms with Crippen LogP contribution in [0.4, 0.5) is 0 Å². The first-order valence-electron chi connectivity index (χ1n) is 5.24. The van der Waals surface area contributed by atoms with Crippen LogP contribution in [-0.2, 0) is 9.59 Å². The van der Waals surface area contributed by atoms with E-state index in [2.05, 4.69) is 5.32 Å². The van der Waals surface area contributed by atoms with Crippen LogP contribution < -0.4 is 11.1 Å². The lowest BCUT2D eigenvalue weighted by atomic mass is 10.2. The molecule has 15 heavy (non-hydrogen) atoms. The minimum absolute atomic E-state index is 0.0486. The van der Waals surface area contributed by atoms with Crippen molar-refractivity contribution < 1.29 is 9.59 Å². The molecular formula is C10H19N3O2. The van der Waals surface area contributed by atoms with Crippen LogP contribution >= 0.6 is 0 Å². The van der Waals surface area contributed by atoms with Gasteiger partial charge in [-0.2, -0.15) is 0 Å². The number of carbonyl (C=O) groups is 2. The topological polar surface area (TPSA) is 75.4 Å². The second kappa shape index (κ2) is 5.11. The molecule has 1 rings (SSSR count). The van der Waals surface area contributed by atoms with Crippen LogP contribution in [0.3, 0.4) is 0 Å². The van der Waals surface area contributed by atoms with Crippen LogP contribution in [0.15, 0.2) is 0 Å². The van der Waals surface area contributed by atoms with Crippen molar-refractivity contribution in [2.75, 3.05) is 20.6 Å². The first-order chi connectivity index (χ1) is 7.04. The fraction of sp³-hybridized carbons (Fsp3) is 0.800. The molecular weight excluding hydrogens is 194 g/mol. The first kappa shape index (κ1) is 12.0. The average Bonchev–Trinajstić information content (AvgIpc) is 2.97. The highest BCUT2D eigenvalue weighted by Crippen LogP contribution is 2.32. The molecule has 1 aliphatic carbocycles. The number of hydrogen-bond acceptors (Lipinski definition) is 3. The van der Waals surface area contributed by atoms with Gasteiger partial charge in [0.05, 0.1) is 0 Å². The van der Waals surface area contributed by atoms with E-state index in [4.69, 9.17) is 5.73 Å². The van der Waals surface area contributed by atoms with Crippen molar-refractivity contribution >= 4 is 11.8 Å². The second-order valence-electron chi connectivity index (χ2n) is 4.21. The summed E-state index contributed by atoms with van der Waals surface area (Å²) < 4.78 is 0. The summed E-state index contributed by atoms with van der Waals surface area (Å²) in [5.41, 5.74) is 5.54. The van der Waals surface area contributed by atoms with E-state index in [1.165, 1.54) is 4.90 Å². The molecule has 0 aromatic carbocycles. The van der Waals surface area contributed by atoms with Gasteiger partial charge in [-0.15, -0.1) is 0 Å². The highest BCUT2D eigenvalue weighted by Gasteiger charge is 2.31. The summed E-state index contributed by atoms with van der Waals surface area (Å²) in [6, 6.07) is 0.0486. The fourth-order valence-corrected chi connectivity index (χ4v) is 1.42. The molecule has 1 atom stereocenters. The van der Waals surface area contributed by atoms with Gasteiger partial charge in [0.1, 0.15) is 6.42 Å². The molecule has 0 radical (unpaired) electrons. The van der Waals surface area contributed by atoms with E-state index in [0.29, 0.717) is 12.5 Å². The van der Waals surface area contributed by atoms with Crippen LogP contribution in [0.1, 0.15) is 19.3 Å². The molecule has 5 nitrogen and oxygen atoms in total. The van der Waals surface area contributed by atoms with E-state index in [1.54, 1.807) is 14.1 Å². The van der Waals surface area contributed by atoms with Crippen LogP contribution in [0, 0.1) is 5.92 Å². The molecule has 0 spiro atoms. The number of carbonyl (C=O) groups excluding carboxylic acids is 2. The standard InChI is InChI=1S/C10H19N3O2/c1-13(2)10(15)5-9(14)12-8(6-11)7-3-4-7/h7-8H,3-6,11H2,1-2H3,(H,12,14). The fourth-order valence-electron chi connectivity index (χ4n) is 1.42. The van der Waals surface area contributed by atoms with E-state index < -0.39 is 0 Å². The number of amides is 2. The molecule has 3 N–H and O–H groups in total. The maximum atomic E-state index is 11.4. The third-order valence-electron chi connectivity index (χ3n) is 2.60. The second-order valence-corrected chi connectivity index (χ2v) is 4.21. The summed E-state index contributed by atoms with van der Waals surface area (Å²) in [6.07, 6.45) is 2.17. The molecule has 1 saturated carbocycles. The predicted octanol–water partition coefficient (Wildman–Crippen LogP) is -0.682. The highest BCUT2D eigenvalue weighted by molar-refractivity contribution is 5.96. The van der Waals surface area contributed by atoms with Gasteiger partial charge in [0, 0.05) is 26.7 Å². The Labute approximate surface area is 90.0 Å². The van der Waals surface area contributed by atoms with Crippen molar-refractivity contribution in [3.05, 3.63) is 0 Å². The van der Waals surface area contributed by atoms with E-state index in [-0.39, 0.29) is 24.3 Å². The van der Waals surface area contributed by atoms with Gasteiger partial charge in [0.25, 0.3) is 0 Å². The zero-order valence-electron chi connectivity index (χ0n) is 9.32. The zero-order chi connectivity index (χ0) is 11.4.